The normalized spacial score (nSPS) is 54.2. The van der Waals surface area contributed by atoms with Crippen molar-refractivity contribution in [1.82, 2.24) is 0 Å². The smallest absolute Gasteiger partial charge is 0.133 e. The van der Waals surface area contributed by atoms with Gasteiger partial charge in [0, 0.05) is 5.92 Å². The van der Waals surface area contributed by atoms with Crippen LogP contribution >= 0.6 is 0 Å². The van der Waals surface area contributed by atoms with Crippen LogP contribution in [0, 0.1) is 40.4 Å². The third kappa shape index (κ3) is 1.99. The van der Waals surface area contributed by atoms with Crippen LogP contribution in [0.15, 0.2) is 0 Å². The zero-order chi connectivity index (χ0) is 15.5. The molecule has 4 aliphatic carbocycles. The van der Waals surface area contributed by atoms with Crippen molar-refractivity contribution in [2.24, 2.45) is 40.4 Å². The summed E-state index contributed by atoms with van der Waals surface area (Å²) in [6, 6.07) is 0. The van der Waals surface area contributed by atoms with Gasteiger partial charge in [-0.05, 0) is 92.8 Å². The van der Waals surface area contributed by atoms with Gasteiger partial charge >= 0.3 is 0 Å². The summed E-state index contributed by atoms with van der Waals surface area (Å²) < 4.78 is 0. The van der Waals surface area contributed by atoms with E-state index in [1.54, 1.807) is 0 Å². The highest BCUT2D eigenvalue weighted by Gasteiger charge is 2.59. The molecule has 0 N–H and O–H groups in total. The molecular formula is C21H34O. The van der Waals surface area contributed by atoms with E-state index in [1.807, 2.05) is 6.92 Å². The minimum Gasteiger partial charge on any atom is -0.300 e. The number of carbonyl (C=O) groups is 1. The highest BCUT2D eigenvalue weighted by molar-refractivity contribution is 5.79. The van der Waals surface area contributed by atoms with E-state index in [0.717, 1.165) is 23.7 Å². The fourth-order valence-corrected chi connectivity index (χ4v) is 7.86. The predicted octanol–water partition coefficient (Wildman–Crippen LogP) is 5.62. The number of hydrogen-bond donors (Lipinski definition) is 0. The summed E-state index contributed by atoms with van der Waals surface area (Å²) in [6.45, 7) is 6.93. The molecule has 4 saturated carbocycles. The van der Waals surface area contributed by atoms with E-state index < -0.39 is 0 Å². The molecule has 124 valence electrons. The van der Waals surface area contributed by atoms with Crippen LogP contribution in [0.5, 0.6) is 0 Å². The van der Waals surface area contributed by atoms with Crippen LogP contribution in [0.25, 0.3) is 0 Å². The highest BCUT2D eigenvalue weighted by Crippen LogP contribution is 2.66. The first kappa shape index (κ1) is 15.2. The van der Waals surface area contributed by atoms with Gasteiger partial charge in [-0.15, -0.1) is 0 Å². The van der Waals surface area contributed by atoms with Crippen molar-refractivity contribution in [2.75, 3.05) is 0 Å². The molecule has 0 saturated heterocycles. The zero-order valence-corrected chi connectivity index (χ0v) is 14.9. The van der Waals surface area contributed by atoms with E-state index >= 15 is 0 Å². The topological polar surface area (TPSA) is 17.1 Å². The molecule has 7 atom stereocenters. The summed E-state index contributed by atoms with van der Waals surface area (Å²) in [5, 5.41) is 0. The van der Waals surface area contributed by atoms with Gasteiger partial charge in [0.1, 0.15) is 5.78 Å². The molecule has 0 radical (unpaired) electrons. The van der Waals surface area contributed by atoms with Crippen LogP contribution in [0.2, 0.25) is 0 Å². The summed E-state index contributed by atoms with van der Waals surface area (Å²) in [5.74, 6) is 4.63. The Morgan fingerprint density at radius 1 is 0.818 bits per heavy atom. The largest absolute Gasteiger partial charge is 0.300 e. The Balaban J connectivity index is 1.61. The van der Waals surface area contributed by atoms with Crippen molar-refractivity contribution in [3.63, 3.8) is 0 Å². The molecule has 1 heteroatoms. The Bertz CT molecular complexity index is 469. The van der Waals surface area contributed by atoms with Gasteiger partial charge in [-0.2, -0.15) is 0 Å². The molecule has 0 unspecified atom stereocenters. The van der Waals surface area contributed by atoms with Crippen LogP contribution in [0.4, 0.5) is 0 Å². The lowest BCUT2D eigenvalue weighted by molar-refractivity contribution is -0.130. The molecule has 22 heavy (non-hydrogen) atoms. The standard InChI is InChI=1S/C21H34O/c1-14(22)17-7-8-19-16-9-12-20(2)11-5-4-6-18(20)15(16)10-13-21(17,19)3/h15-19H,4-13H2,1-3H3/t15-,16-,17-,18-,19+,20+,21-/m1/s1. The van der Waals surface area contributed by atoms with Crippen molar-refractivity contribution >= 4 is 5.78 Å². The first-order valence-corrected chi connectivity index (χ1v) is 9.96. The number of ketones is 1. The quantitative estimate of drug-likeness (QED) is 0.614. The first-order chi connectivity index (χ1) is 10.5. The average Bonchev–Trinajstić information content (AvgIpc) is 2.84. The molecule has 4 fully saturated rings. The van der Waals surface area contributed by atoms with E-state index in [0.29, 0.717) is 22.5 Å². The molecule has 4 rings (SSSR count). The van der Waals surface area contributed by atoms with Crippen molar-refractivity contribution in [3.05, 3.63) is 0 Å². The van der Waals surface area contributed by atoms with E-state index in [2.05, 4.69) is 13.8 Å². The summed E-state index contributed by atoms with van der Waals surface area (Å²) in [4.78, 5) is 12.1. The predicted molar refractivity (Wildman–Crippen MR) is 90.5 cm³/mol. The Kier molecular flexibility index (Phi) is 3.51. The van der Waals surface area contributed by atoms with E-state index in [-0.39, 0.29) is 0 Å². The molecule has 0 bridgehead atoms. The third-order valence-electron chi connectivity index (χ3n) is 8.96. The van der Waals surface area contributed by atoms with Crippen LogP contribution in [0.3, 0.4) is 0 Å². The number of carbonyl (C=O) groups excluding carboxylic acids is 1. The molecule has 0 amide bonds. The lowest BCUT2D eigenvalue weighted by Crippen LogP contribution is -2.51. The van der Waals surface area contributed by atoms with Crippen molar-refractivity contribution in [2.45, 2.75) is 85.0 Å². The van der Waals surface area contributed by atoms with Crippen LogP contribution in [0.1, 0.15) is 85.0 Å². The lowest BCUT2D eigenvalue weighted by atomic mass is 9.46. The monoisotopic (exact) mass is 302 g/mol. The van der Waals surface area contributed by atoms with Gasteiger partial charge in [-0.1, -0.05) is 26.7 Å². The molecule has 0 aromatic carbocycles. The maximum absolute atomic E-state index is 12.1. The van der Waals surface area contributed by atoms with Gasteiger partial charge in [0.15, 0.2) is 0 Å². The van der Waals surface area contributed by atoms with Crippen LogP contribution in [-0.2, 0) is 4.79 Å². The lowest BCUT2D eigenvalue weighted by Gasteiger charge is -2.59. The highest BCUT2D eigenvalue weighted by atomic mass is 16.1. The minimum atomic E-state index is 0.343. The van der Waals surface area contributed by atoms with Gasteiger partial charge in [-0.3, -0.25) is 4.79 Å². The van der Waals surface area contributed by atoms with Gasteiger partial charge in [0.05, 0.1) is 0 Å². The molecule has 0 aromatic heterocycles. The molecular weight excluding hydrogens is 268 g/mol. The van der Waals surface area contributed by atoms with E-state index in [4.69, 9.17) is 0 Å². The number of hydrogen-bond acceptors (Lipinski definition) is 1. The molecule has 0 heterocycles. The summed E-state index contributed by atoms with van der Waals surface area (Å²) in [5.41, 5.74) is 1.00. The Labute approximate surface area is 136 Å². The number of Topliss-reactive ketones (excluding diaryl/α,β-unsaturated/α-hetero) is 1. The average molecular weight is 303 g/mol. The Morgan fingerprint density at radius 2 is 1.55 bits per heavy atom. The SMILES string of the molecule is CC(=O)[C@H]1CC[C@H]2[C@@H]3CC[C@]4(C)CCCC[C@@H]4[C@@H]3CC[C@]12C. The number of rotatable bonds is 1. The van der Waals surface area contributed by atoms with Gasteiger partial charge in [0.25, 0.3) is 0 Å². The van der Waals surface area contributed by atoms with Crippen LogP contribution < -0.4 is 0 Å². The fraction of sp³-hybridized carbons (Fsp3) is 0.952. The van der Waals surface area contributed by atoms with E-state index in [9.17, 15) is 4.79 Å². The van der Waals surface area contributed by atoms with Crippen molar-refractivity contribution in [3.8, 4) is 0 Å². The van der Waals surface area contributed by atoms with Crippen molar-refractivity contribution in [1.29, 1.82) is 0 Å². The molecule has 4 aliphatic rings. The maximum Gasteiger partial charge on any atom is 0.133 e. The Hall–Kier alpha value is -0.330. The minimum absolute atomic E-state index is 0.343. The first-order valence-electron chi connectivity index (χ1n) is 9.96. The van der Waals surface area contributed by atoms with Crippen LogP contribution in [-0.4, -0.2) is 5.78 Å². The maximum atomic E-state index is 12.1. The Morgan fingerprint density at radius 3 is 2.32 bits per heavy atom. The second-order valence-electron chi connectivity index (χ2n) is 9.76. The van der Waals surface area contributed by atoms with Gasteiger partial charge in [-0.25, -0.2) is 0 Å². The van der Waals surface area contributed by atoms with E-state index in [1.165, 1.54) is 64.2 Å². The number of fused-ring (bicyclic) bond motifs is 5. The van der Waals surface area contributed by atoms with Gasteiger partial charge < -0.3 is 0 Å². The molecule has 1 nitrogen and oxygen atoms in total. The second-order valence-corrected chi connectivity index (χ2v) is 9.76. The second kappa shape index (κ2) is 5.08. The molecule has 0 aliphatic heterocycles. The summed E-state index contributed by atoms with van der Waals surface area (Å²) in [6.07, 6.45) is 14.1. The summed E-state index contributed by atoms with van der Waals surface area (Å²) >= 11 is 0. The zero-order valence-electron chi connectivity index (χ0n) is 14.9. The fourth-order valence-electron chi connectivity index (χ4n) is 7.86. The molecule has 0 aromatic rings. The summed E-state index contributed by atoms with van der Waals surface area (Å²) in [7, 11) is 0. The third-order valence-corrected chi connectivity index (χ3v) is 8.96. The van der Waals surface area contributed by atoms with Crippen molar-refractivity contribution < 1.29 is 4.79 Å². The van der Waals surface area contributed by atoms with Gasteiger partial charge in [0.2, 0.25) is 0 Å². The molecule has 0 spiro atoms.